The van der Waals surface area contributed by atoms with Gasteiger partial charge in [-0.05, 0) is 25.7 Å². The van der Waals surface area contributed by atoms with Gasteiger partial charge in [0.05, 0.1) is 12.2 Å². The number of carbonyl (C=O) groups excluding carboxylic acids is 1. The molecule has 1 aliphatic heterocycles. The van der Waals surface area contributed by atoms with Crippen LogP contribution in [-0.4, -0.2) is 48.3 Å². The lowest BCUT2D eigenvalue weighted by Gasteiger charge is -2.39. The summed E-state index contributed by atoms with van der Waals surface area (Å²) < 4.78 is 5.27. The fraction of sp³-hybridized carbons (Fsp3) is 0.909. The molecule has 1 N–H and O–H groups in total. The Balaban J connectivity index is 1.78. The van der Waals surface area contributed by atoms with Crippen molar-refractivity contribution in [2.75, 3.05) is 20.2 Å². The van der Waals surface area contributed by atoms with Gasteiger partial charge in [-0.15, -0.1) is 0 Å². The van der Waals surface area contributed by atoms with E-state index in [9.17, 15) is 4.79 Å². The van der Waals surface area contributed by atoms with Crippen LogP contribution >= 0.6 is 0 Å². The second-order valence-electron chi connectivity index (χ2n) is 4.61. The number of amides is 1. The number of carbonyl (C=O) groups is 1. The van der Waals surface area contributed by atoms with E-state index >= 15 is 0 Å². The number of methoxy groups -OCH3 is 1. The van der Waals surface area contributed by atoms with Gasteiger partial charge in [0.1, 0.15) is 0 Å². The van der Waals surface area contributed by atoms with Crippen LogP contribution in [0.15, 0.2) is 0 Å². The fourth-order valence-electron chi connectivity index (χ4n) is 2.44. The van der Waals surface area contributed by atoms with Crippen molar-refractivity contribution < 1.29 is 14.6 Å². The van der Waals surface area contributed by atoms with Crippen molar-refractivity contribution in [3.05, 3.63) is 0 Å². The van der Waals surface area contributed by atoms with E-state index in [-0.39, 0.29) is 17.9 Å². The lowest BCUT2D eigenvalue weighted by atomic mass is 9.86. The Labute approximate surface area is 90.2 Å². The summed E-state index contributed by atoms with van der Waals surface area (Å²) in [6.07, 6.45) is 3.90. The van der Waals surface area contributed by atoms with Crippen LogP contribution < -0.4 is 0 Å². The SMILES string of the molecule is COC1CCC(C(=O)N2CC(O)C2)CC1. The summed E-state index contributed by atoms with van der Waals surface area (Å²) in [6.45, 7) is 1.06. The molecule has 1 saturated carbocycles. The number of rotatable bonds is 2. The topological polar surface area (TPSA) is 49.8 Å². The van der Waals surface area contributed by atoms with Crippen LogP contribution in [0.3, 0.4) is 0 Å². The molecule has 0 aromatic carbocycles. The van der Waals surface area contributed by atoms with Gasteiger partial charge < -0.3 is 14.7 Å². The second kappa shape index (κ2) is 4.49. The van der Waals surface area contributed by atoms with Crippen molar-refractivity contribution in [2.24, 2.45) is 5.92 Å². The van der Waals surface area contributed by atoms with Crippen LogP contribution in [0.25, 0.3) is 0 Å². The van der Waals surface area contributed by atoms with Crippen LogP contribution in [0.1, 0.15) is 25.7 Å². The lowest BCUT2D eigenvalue weighted by Crippen LogP contribution is -2.55. The van der Waals surface area contributed by atoms with Crippen LogP contribution in [-0.2, 0) is 9.53 Å². The minimum Gasteiger partial charge on any atom is -0.389 e. The fourth-order valence-corrected chi connectivity index (χ4v) is 2.44. The average molecular weight is 213 g/mol. The molecular formula is C11H19NO3. The van der Waals surface area contributed by atoms with Gasteiger partial charge in [-0.1, -0.05) is 0 Å². The third-order valence-corrected chi connectivity index (χ3v) is 3.53. The summed E-state index contributed by atoms with van der Waals surface area (Å²) in [5.74, 6) is 0.402. The van der Waals surface area contributed by atoms with Gasteiger partial charge >= 0.3 is 0 Å². The highest BCUT2D eigenvalue weighted by Gasteiger charge is 2.35. The molecule has 15 heavy (non-hydrogen) atoms. The quantitative estimate of drug-likeness (QED) is 0.722. The summed E-state index contributed by atoms with van der Waals surface area (Å²) in [6, 6.07) is 0. The minimum atomic E-state index is -0.288. The second-order valence-corrected chi connectivity index (χ2v) is 4.61. The number of hydrogen-bond donors (Lipinski definition) is 1. The van der Waals surface area contributed by atoms with Crippen molar-refractivity contribution in [1.29, 1.82) is 0 Å². The first-order chi connectivity index (χ1) is 7.20. The molecule has 0 bridgehead atoms. The van der Waals surface area contributed by atoms with E-state index in [1.54, 1.807) is 12.0 Å². The smallest absolute Gasteiger partial charge is 0.225 e. The van der Waals surface area contributed by atoms with Gasteiger partial charge in [-0.3, -0.25) is 4.79 Å². The molecule has 2 aliphatic rings. The number of hydrogen-bond acceptors (Lipinski definition) is 3. The summed E-state index contributed by atoms with van der Waals surface area (Å²) in [4.78, 5) is 13.7. The number of likely N-dealkylation sites (tertiary alicyclic amines) is 1. The van der Waals surface area contributed by atoms with Gasteiger partial charge in [0, 0.05) is 26.1 Å². The maximum atomic E-state index is 11.9. The zero-order valence-electron chi connectivity index (χ0n) is 9.19. The molecule has 2 rings (SSSR count). The molecular weight excluding hydrogens is 194 g/mol. The zero-order valence-corrected chi connectivity index (χ0v) is 9.19. The highest BCUT2D eigenvalue weighted by molar-refractivity contribution is 5.79. The number of aliphatic hydroxyl groups excluding tert-OH is 1. The molecule has 86 valence electrons. The summed E-state index contributed by atoms with van der Waals surface area (Å²) >= 11 is 0. The number of nitrogens with zero attached hydrogens (tertiary/aromatic N) is 1. The van der Waals surface area contributed by atoms with E-state index < -0.39 is 0 Å². The van der Waals surface area contributed by atoms with Gasteiger partial charge in [0.15, 0.2) is 0 Å². The molecule has 1 heterocycles. The van der Waals surface area contributed by atoms with Crippen LogP contribution in [0.5, 0.6) is 0 Å². The van der Waals surface area contributed by atoms with E-state index in [2.05, 4.69) is 0 Å². The Hall–Kier alpha value is -0.610. The standard InChI is InChI=1S/C11H19NO3/c1-15-10-4-2-8(3-5-10)11(14)12-6-9(13)7-12/h8-10,13H,2-7H2,1H3. The maximum absolute atomic E-state index is 11.9. The normalized spacial score (nSPS) is 32.5. The highest BCUT2D eigenvalue weighted by Crippen LogP contribution is 2.28. The molecule has 1 aliphatic carbocycles. The van der Waals surface area contributed by atoms with Crippen molar-refractivity contribution >= 4 is 5.91 Å². The Kier molecular flexibility index (Phi) is 3.26. The molecule has 0 aromatic rings. The first-order valence-corrected chi connectivity index (χ1v) is 5.70. The number of aliphatic hydroxyl groups is 1. The van der Waals surface area contributed by atoms with Gasteiger partial charge in [0.2, 0.25) is 5.91 Å². The maximum Gasteiger partial charge on any atom is 0.225 e. The largest absolute Gasteiger partial charge is 0.389 e. The molecule has 1 amide bonds. The van der Waals surface area contributed by atoms with Crippen LogP contribution in [0, 0.1) is 5.92 Å². The molecule has 1 saturated heterocycles. The van der Waals surface area contributed by atoms with Crippen molar-refractivity contribution in [1.82, 2.24) is 4.90 Å². The Morgan fingerprint density at radius 3 is 2.33 bits per heavy atom. The summed E-state index contributed by atoms with van der Waals surface area (Å²) in [5.41, 5.74) is 0. The summed E-state index contributed by atoms with van der Waals surface area (Å²) in [5, 5.41) is 9.13. The van der Waals surface area contributed by atoms with E-state index in [4.69, 9.17) is 9.84 Å². The molecule has 0 radical (unpaired) electrons. The third-order valence-electron chi connectivity index (χ3n) is 3.53. The monoisotopic (exact) mass is 213 g/mol. The Morgan fingerprint density at radius 1 is 1.27 bits per heavy atom. The van der Waals surface area contributed by atoms with Crippen LogP contribution in [0.2, 0.25) is 0 Å². The van der Waals surface area contributed by atoms with E-state index in [1.807, 2.05) is 0 Å². The Morgan fingerprint density at radius 2 is 1.87 bits per heavy atom. The van der Waals surface area contributed by atoms with Gasteiger partial charge in [-0.2, -0.15) is 0 Å². The van der Waals surface area contributed by atoms with Gasteiger partial charge in [0.25, 0.3) is 0 Å². The number of ether oxygens (including phenoxy) is 1. The van der Waals surface area contributed by atoms with Crippen LogP contribution in [0.4, 0.5) is 0 Å². The van der Waals surface area contributed by atoms with Crippen molar-refractivity contribution in [2.45, 2.75) is 37.9 Å². The molecule has 0 spiro atoms. The molecule has 2 fully saturated rings. The molecule has 0 atom stereocenters. The molecule has 0 unspecified atom stereocenters. The van der Waals surface area contributed by atoms with E-state index in [1.165, 1.54) is 0 Å². The predicted octanol–water partition coefficient (Wildman–Crippen LogP) is 0.395. The van der Waals surface area contributed by atoms with Gasteiger partial charge in [-0.25, -0.2) is 0 Å². The Bertz CT molecular complexity index is 230. The minimum absolute atomic E-state index is 0.170. The first-order valence-electron chi connectivity index (χ1n) is 5.70. The predicted molar refractivity (Wildman–Crippen MR) is 55.3 cm³/mol. The van der Waals surface area contributed by atoms with E-state index in [0.717, 1.165) is 25.7 Å². The lowest BCUT2D eigenvalue weighted by molar-refractivity contribution is -0.147. The molecule has 0 aromatic heterocycles. The third kappa shape index (κ3) is 2.32. The molecule has 4 heteroatoms. The summed E-state index contributed by atoms with van der Waals surface area (Å²) in [7, 11) is 1.73. The highest BCUT2D eigenvalue weighted by atomic mass is 16.5. The zero-order chi connectivity index (χ0) is 10.8. The molecule has 4 nitrogen and oxygen atoms in total. The van der Waals surface area contributed by atoms with Crippen molar-refractivity contribution in [3.63, 3.8) is 0 Å². The average Bonchev–Trinajstić information content (AvgIpc) is 2.24. The number of β-amino-alcohol motifs (C(OH)–C–C–N with tert-alkyl or cyclic N) is 1. The van der Waals surface area contributed by atoms with Crippen molar-refractivity contribution in [3.8, 4) is 0 Å². The van der Waals surface area contributed by atoms with E-state index in [0.29, 0.717) is 19.2 Å². The first kappa shape index (κ1) is 10.9.